The molecule has 2 aromatic rings. The molecular weight excluding hydrogens is 318 g/mol. The van der Waals surface area contributed by atoms with E-state index in [1.807, 2.05) is 13.8 Å². The summed E-state index contributed by atoms with van der Waals surface area (Å²) in [6.07, 6.45) is 0.00699. The highest BCUT2D eigenvalue weighted by Gasteiger charge is 2.46. The topological polar surface area (TPSA) is 108 Å². The van der Waals surface area contributed by atoms with E-state index in [4.69, 9.17) is 15.2 Å². The first-order chi connectivity index (χ1) is 11.1. The van der Waals surface area contributed by atoms with Crippen LogP contribution in [0.3, 0.4) is 0 Å². The van der Waals surface area contributed by atoms with E-state index in [1.54, 1.807) is 4.57 Å². The molecule has 0 saturated carbocycles. The second-order valence-corrected chi connectivity index (χ2v) is 5.90. The van der Waals surface area contributed by atoms with Crippen molar-refractivity contribution < 1.29 is 14.6 Å². The number of aliphatic hydroxyl groups excluding tert-OH is 1. The molecule has 0 aliphatic carbocycles. The fourth-order valence-electron chi connectivity index (χ4n) is 2.85. The molecule has 0 aromatic carbocycles. The average molecular weight is 339 g/mol. The molecule has 1 aliphatic rings. The van der Waals surface area contributed by atoms with Gasteiger partial charge in [-0.05, 0) is 13.3 Å². The highest BCUT2D eigenvalue weighted by Crippen LogP contribution is 2.35. The number of hydrogen-bond donors (Lipinski definition) is 3. The maximum Gasteiger partial charge on any atom is 0.167 e. The molecule has 0 unspecified atom stereocenters. The lowest BCUT2D eigenvalue weighted by Gasteiger charge is -2.22. The molecule has 0 spiro atoms. The Hall–Kier alpha value is -1.42. The van der Waals surface area contributed by atoms with Crippen LogP contribution in [0.15, 0.2) is 6.33 Å². The van der Waals surface area contributed by atoms with Crippen molar-refractivity contribution in [3.8, 4) is 0 Å². The van der Waals surface area contributed by atoms with Crippen LogP contribution >= 0.6 is 12.6 Å². The molecule has 3 heterocycles. The van der Waals surface area contributed by atoms with Gasteiger partial charge in [-0.25, -0.2) is 15.0 Å². The molecule has 3 rings (SSSR count). The molecule has 0 amide bonds. The monoisotopic (exact) mass is 339 g/mol. The standard InChI is InChI=1S/C14H21N5O3S/c1-3-4-21-11-10(20)8(5-23)22-14(11)19-7(2)18-9-12(15)16-6-17-13(9)19/h6,8,10-11,14,20,23H,3-5H2,1-2H3,(H2,15,16,17)/t8-,10-,11-,14-/m1/s1. The number of nitrogens with zero attached hydrogens (tertiary/aromatic N) is 4. The van der Waals surface area contributed by atoms with Crippen LogP contribution in [0.5, 0.6) is 0 Å². The Morgan fingerprint density at radius 1 is 1.48 bits per heavy atom. The van der Waals surface area contributed by atoms with Gasteiger partial charge in [-0.15, -0.1) is 0 Å². The quantitative estimate of drug-likeness (QED) is 0.688. The number of hydrogen-bond acceptors (Lipinski definition) is 8. The zero-order valence-corrected chi connectivity index (χ0v) is 14.0. The number of anilines is 1. The summed E-state index contributed by atoms with van der Waals surface area (Å²) in [7, 11) is 0. The van der Waals surface area contributed by atoms with Crippen LogP contribution in [0.25, 0.3) is 11.2 Å². The van der Waals surface area contributed by atoms with Crippen LogP contribution in [0, 0.1) is 6.92 Å². The van der Waals surface area contributed by atoms with Gasteiger partial charge >= 0.3 is 0 Å². The lowest BCUT2D eigenvalue weighted by molar-refractivity contribution is -0.0662. The fraction of sp³-hybridized carbons (Fsp3) is 0.643. The summed E-state index contributed by atoms with van der Waals surface area (Å²) in [5.41, 5.74) is 6.96. The minimum Gasteiger partial charge on any atom is -0.387 e. The van der Waals surface area contributed by atoms with Crippen molar-refractivity contribution >= 4 is 29.6 Å². The van der Waals surface area contributed by atoms with Crippen molar-refractivity contribution in [2.24, 2.45) is 0 Å². The number of fused-ring (bicyclic) bond motifs is 1. The molecule has 4 atom stereocenters. The first kappa shape index (κ1) is 16.4. The molecule has 9 heteroatoms. The molecule has 8 nitrogen and oxygen atoms in total. The molecule has 1 saturated heterocycles. The second kappa shape index (κ2) is 6.60. The van der Waals surface area contributed by atoms with E-state index in [9.17, 15) is 5.11 Å². The number of aromatic nitrogens is 4. The van der Waals surface area contributed by atoms with Crippen LogP contribution in [0.1, 0.15) is 25.4 Å². The van der Waals surface area contributed by atoms with Gasteiger partial charge in [0.05, 0.1) is 6.10 Å². The van der Waals surface area contributed by atoms with E-state index in [0.717, 1.165) is 6.42 Å². The normalized spacial score (nSPS) is 27.8. The van der Waals surface area contributed by atoms with Gasteiger partial charge in [-0.3, -0.25) is 4.57 Å². The van der Waals surface area contributed by atoms with Crippen molar-refractivity contribution in [2.75, 3.05) is 18.1 Å². The number of ether oxygens (including phenoxy) is 2. The summed E-state index contributed by atoms with van der Waals surface area (Å²) in [4.78, 5) is 12.7. The Labute approximate surface area is 139 Å². The van der Waals surface area contributed by atoms with E-state index in [1.165, 1.54) is 6.33 Å². The number of nitrogens with two attached hydrogens (primary N) is 1. The van der Waals surface area contributed by atoms with Gasteiger partial charge in [0.25, 0.3) is 0 Å². The van der Waals surface area contributed by atoms with Crippen LogP contribution in [-0.4, -0.2) is 55.3 Å². The van der Waals surface area contributed by atoms with E-state index < -0.39 is 24.5 Å². The zero-order valence-electron chi connectivity index (χ0n) is 13.1. The molecule has 2 aromatic heterocycles. The van der Waals surface area contributed by atoms with Gasteiger partial charge in [0.15, 0.2) is 23.2 Å². The van der Waals surface area contributed by atoms with Crippen molar-refractivity contribution in [3.05, 3.63) is 12.2 Å². The number of aliphatic hydroxyl groups is 1. The average Bonchev–Trinajstić information content (AvgIpc) is 3.03. The van der Waals surface area contributed by atoms with E-state index in [-0.39, 0.29) is 0 Å². The van der Waals surface area contributed by atoms with Crippen molar-refractivity contribution in [1.82, 2.24) is 19.5 Å². The summed E-state index contributed by atoms with van der Waals surface area (Å²) < 4.78 is 13.6. The fourth-order valence-corrected chi connectivity index (χ4v) is 3.15. The molecule has 23 heavy (non-hydrogen) atoms. The zero-order chi connectivity index (χ0) is 16.6. The Morgan fingerprint density at radius 2 is 2.26 bits per heavy atom. The Kier molecular flexibility index (Phi) is 4.72. The number of nitrogen functional groups attached to an aromatic ring is 1. The van der Waals surface area contributed by atoms with Gasteiger partial charge in [0.1, 0.15) is 24.4 Å². The highest BCUT2D eigenvalue weighted by molar-refractivity contribution is 7.80. The summed E-state index contributed by atoms with van der Waals surface area (Å²) in [5.74, 6) is 1.38. The lowest BCUT2D eigenvalue weighted by atomic mass is 10.1. The third kappa shape index (κ3) is 2.78. The largest absolute Gasteiger partial charge is 0.387 e. The Balaban J connectivity index is 2.05. The van der Waals surface area contributed by atoms with E-state index >= 15 is 0 Å². The lowest BCUT2D eigenvalue weighted by Crippen LogP contribution is -2.35. The molecule has 1 fully saturated rings. The van der Waals surface area contributed by atoms with Crippen LogP contribution < -0.4 is 5.73 Å². The predicted molar refractivity (Wildman–Crippen MR) is 88.3 cm³/mol. The van der Waals surface area contributed by atoms with Crippen LogP contribution in [-0.2, 0) is 9.47 Å². The number of rotatable bonds is 5. The summed E-state index contributed by atoms with van der Waals surface area (Å²) in [6.45, 7) is 4.38. The van der Waals surface area contributed by atoms with Crippen molar-refractivity contribution in [1.29, 1.82) is 0 Å². The maximum absolute atomic E-state index is 10.5. The summed E-state index contributed by atoms with van der Waals surface area (Å²) in [6, 6.07) is 0. The number of imidazole rings is 1. The third-order valence-corrected chi connectivity index (χ3v) is 4.30. The molecular formula is C14H21N5O3S. The Bertz CT molecular complexity index is 694. The SMILES string of the molecule is CCCO[C@@H]1[C@H](O)[C@@H](CS)O[C@H]1n1c(C)nc2c(N)ncnc21. The van der Waals surface area contributed by atoms with Crippen molar-refractivity contribution in [3.63, 3.8) is 0 Å². The first-order valence-corrected chi connectivity index (χ1v) is 8.22. The minimum absolute atomic E-state index is 0.312. The maximum atomic E-state index is 10.5. The molecule has 1 aliphatic heterocycles. The van der Waals surface area contributed by atoms with E-state index in [0.29, 0.717) is 35.2 Å². The predicted octanol–water partition coefficient (Wildman–Crippen LogP) is 0.700. The first-order valence-electron chi connectivity index (χ1n) is 7.59. The van der Waals surface area contributed by atoms with Crippen LogP contribution in [0.2, 0.25) is 0 Å². The Morgan fingerprint density at radius 3 is 2.96 bits per heavy atom. The smallest absolute Gasteiger partial charge is 0.167 e. The molecule has 126 valence electrons. The number of thiol groups is 1. The second-order valence-electron chi connectivity index (χ2n) is 5.53. The third-order valence-electron chi connectivity index (χ3n) is 3.94. The van der Waals surface area contributed by atoms with Gasteiger partial charge in [0, 0.05) is 12.4 Å². The van der Waals surface area contributed by atoms with Crippen LogP contribution in [0.4, 0.5) is 5.82 Å². The molecule has 0 radical (unpaired) electrons. The van der Waals surface area contributed by atoms with Gasteiger partial charge < -0.3 is 20.3 Å². The van der Waals surface area contributed by atoms with Gasteiger partial charge in [0.2, 0.25) is 0 Å². The van der Waals surface area contributed by atoms with Gasteiger partial charge in [-0.1, -0.05) is 6.92 Å². The molecule has 0 bridgehead atoms. The number of aryl methyl sites for hydroxylation is 1. The summed E-state index contributed by atoms with van der Waals surface area (Å²) >= 11 is 4.25. The highest BCUT2D eigenvalue weighted by atomic mass is 32.1. The van der Waals surface area contributed by atoms with Gasteiger partial charge in [-0.2, -0.15) is 12.6 Å². The van der Waals surface area contributed by atoms with Crippen molar-refractivity contribution in [2.45, 2.75) is 44.8 Å². The summed E-state index contributed by atoms with van der Waals surface area (Å²) in [5, 5.41) is 10.5. The minimum atomic E-state index is -0.764. The molecule has 3 N–H and O–H groups in total. The van der Waals surface area contributed by atoms with E-state index in [2.05, 4.69) is 27.6 Å².